The molecule has 1 aliphatic heterocycles. The molecule has 3 heterocycles. The minimum Gasteiger partial charge on any atom is -0.308 e. The molecule has 7 nitrogen and oxygen atoms in total. The summed E-state index contributed by atoms with van der Waals surface area (Å²) in [7, 11) is 0. The van der Waals surface area contributed by atoms with Crippen molar-refractivity contribution in [1.29, 1.82) is 5.26 Å². The van der Waals surface area contributed by atoms with E-state index in [1.807, 2.05) is 45.1 Å². The topological polar surface area (TPSA) is 101 Å². The molecule has 1 saturated heterocycles. The molecule has 3 rings (SSSR count). The summed E-state index contributed by atoms with van der Waals surface area (Å²) in [5.74, 6) is 0.628. The molecule has 0 aromatic carbocycles. The van der Waals surface area contributed by atoms with Gasteiger partial charge in [-0.05, 0) is 39.2 Å². The number of H-pyrrole nitrogens is 2. The summed E-state index contributed by atoms with van der Waals surface area (Å²) in [6.07, 6.45) is 10.8. The van der Waals surface area contributed by atoms with Crippen LogP contribution in [0.3, 0.4) is 0 Å². The summed E-state index contributed by atoms with van der Waals surface area (Å²) < 4.78 is 0. The first kappa shape index (κ1) is 24.5. The Bertz CT molecular complexity index is 1190. The quantitative estimate of drug-likeness (QED) is 0.437. The second kappa shape index (κ2) is 10.6. The van der Waals surface area contributed by atoms with Gasteiger partial charge in [-0.1, -0.05) is 49.2 Å². The van der Waals surface area contributed by atoms with E-state index >= 15 is 0 Å². The Labute approximate surface area is 199 Å². The van der Waals surface area contributed by atoms with E-state index in [1.165, 1.54) is 11.8 Å². The second-order valence-corrected chi connectivity index (χ2v) is 9.35. The van der Waals surface area contributed by atoms with E-state index < -0.39 is 5.41 Å². The molecule has 8 heteroatoms. The number of aromatic amines is 2. The number of nitrogens with one attached hydrogen (secondary N) is 2. The number of allylic oxidation sites excluding steroid dienone is 5. The van der Waals surface area contributed by atoms with E-state index in [1.54, 1.807) is 6.20 Å². The number of nitriles is 1. The van der Waals surface area contributed by atoms with Crippen molar-refractivity contribution in [2.75, 3.05) is 13.1 Å². The van der Waals surface area contributed by atoms with E-state index in [9.17, 15) is 10.1 Å². The van der Waals surface area contributed by atoms with Gasteiger partial charge in [0, 0.05) is 29.3 Å². The van der Waals surface area contributed by atoms with E-state index in [2.05, 4.69) is 44.3 Å². The number of piperidine rings is 1. The number of hydrogen-bond acceptors (Lipinski definition) is 6. The Morgan fingerprint density at radius 3 is 2.64 bits per heavy atom. The zero-order valence-corrected chi connectivity index (χ0v) is 20.3. The van der Waals surface area contributed by atoms with Gasteiger partial charge < -0.3 is 4.98 Å². The third kappa shape index (κ3) is 5.62. The molecule has 0 amide bonds. The van der Waals surface area contributed by atoms with Crippen LogP contribution in [0.25, 0.3) is 4.91 Å². The Kier molecular flexibility index (Phi) is 7.90. The maximum absolute atomic E-state index is 12.8. The first-order valence-electron chi connectivity index (χ1n) is 10.9. The summed E-state index contributed by atoms with van der Waals surface area (Å²) in [6.45, 7) is 15.9. The minimum atomic E-state index is -0.544. The highest BCUT2D eigenvalue weighted by molar-refractivity contribution is 8.08. The van der Waals surface area contributed by atoms with Crippen molar-refractivity contribution in [2.24, 2.45) is 5.41 Å². The Morgan fingerprint density at radius 1 is 1.33 bits per heavy atom. The predicted molar refractivity (Wildman–Crippen MR) is 133 cm³/mol. The normalized spacial score (nSPS) is 16.3. The van der Waals surface area contributed by atoms with Gasteiger partial charge in [-0.25, -0.2) is 4.98 Å². The molecule has 0 saturated carbocycles. The van der Waals surface area contributed by atoms with Gasteiger partial charge in [0.25, 0.3) is 5.56 Å². The predicted octanol–water partition coefficient (Wildman–Crippen LogP) is 4.67. The van der Waals surface area contributed by atoms with Crippen LogP contribution in [0.1, 0.15) is 42.5 Å². The molecule has 33 heavy (non-hydrogen) atoms. The van der Waals surface area contributed by atoms with E-state index in [4.69, 9.17) is 0 Å². The van der Waals surface area contributed by atoms with Gasteiger partial charge >= 0.3 is 0 Å². The monoisotopic (exact) mass is 462 g/mol. The smallest absolute Gasteiger partial charge is 0.265 e. The third-order valence-electron chi connectivity index (χ3n) is 5.96. The number of nitrogens with zero attached hydrogens (tertiary/aromatic N) is 4. The zero-order chi connectivity index (χ0) is 24.0. The fraction of sp³-hybridized carbons (Fsp3) is 0.360. The van der Waals surface area contributed by atoms with Gasteiger partial charge in [-0.2, -0.15) is 10.4 Å². The van der Waals surface area contributed by atoms with Gasteiger partial charge in [0.1, 0.15) is 5.82 Å². The van der Waals surface area contributed by atoms with Crippen LogP contribution in [0.15, 0.2) is 58.9 Å². The molecule has 0 radical (unpaired) electrons. The SMILES string of the molecule is C=C(Sc1c(C)nc(CN2CCC(C#N)(C(=C)/C=C\C=C/C)CC2)[nH]c1=O)c1cn[nH]c1C. The highest BCUT2D eigenvalue weighted by Gasteiger charge is 2.36. The lowest BCUT2D eigenvalue weighted by molar-refractivity contribution is 0.158. The van der Waals surface area contributed by atoms with E-state index in [0.29, 0.717) is 35.8 Å². The lowest BCUT2D eigenvalue weighted by Gasteiger charge is -2.37. The number of thioether (sulfide) groups is 1. The summed E-state index contributed by atoms with van der Waals surface area (Å²) >= 11 is 1.31. The van der Waals surface area contributed by atoms with Crippen molar-refractivity contribution in [3.63, 3.8) is 0 Å². The van der Waals surface area contributed by atoms with Crippen LogP contribution in [0.2, 0.25) is 0 Å². The van der Waals surface area contributed by atoms with Crippen molar-refractivity contribution in [3.05, 3.63) is 82.4 Å². The molecular formula is C25H30N6OS. The molecule has 0 aliphatic carbocycles. The maximum atomic E-state index is 12.8. The number of hydrogen-bond donors (Lipinski definition) is 2. The molecule has 2 N–H and O–H groups in total. The Hall–Kier alpha value is -3.15. The van der Waals surface area contributed by atoms with Crippen molar-refractivity contribution in [1.82, 2.24) is 25.1 Å². The first-order valence-corrected chi connectivity index (χ1v) is 11.7. The van der Waals surface area contributed by atoms with Gasteiger partial charge in [-0.15, -0.1) is 0 Å². The van der Waals surface area contributed by atoms with Gasteiger partial charge in [0.2, 0.25) is 0 Å². The van der Waals surface area contributed by atoms with Crippen LogP contribution < -0.4 is 5.56 Å². The van der Waals surface area contributed by atoms with Crippen molar-refractivity contribution >= 4 is 16.7 Å². The van der Waals surface area contributed by atoms with Crippen LogP contribution in [0.5, 0.6) is 0 Å². The lowest BCUT2D eigenvalue weighted by Crippen LogP contribution is -2.40. The first-order chi connectivity index (χ1) is 15.8. The molecule has 172 valence electrons. The molecule has 1 aliphatic rings. The number of likely N-dealkylation sites (tertiary alicyclic amines) is 1. The van der Waals surface area contributed by atoms with Crippen LogP contribution in [-0.2, 0) is 6.54 Å². The van der Waals surface area contributed by atoms with Crippen molar-refractivity contribution in [3.8, 4) is 6.07 Å². The average Bonchev–Trinajstić information content (AvgIpc) is 3.23. The number of rotatable bonds is 8. The Morgan fingerprint density at radius 2 is 2.06 bits per heavy atom. The van der Waals surface area contributed by atoms with Crippen LogP contribution >= 0.6 is 11.8 Å². The van der Waals surface area contributed by atoms with Crippen molar-refractivity contribution < 1.29 is 0 Å². The fourth-order valence-electron chi connectivity index (χ4n) is 3.89. The highest BCUT2D eigenvalue weighted by atomic mass is 32.2. The molecule has 2 aromatic heterocycles. The summed E-state index contributed by atoms with van der Waals surface area (Å²) in [4.78, 5) is 23.9. The summed E-state index contributed by atoms with van der Waals surface area (Å²) in [6, 6.07) is 2.50. The second-order valence-electron chi connectivity index (χ2n) is 8.24. The highest BCUT2D eigenvalue weighted by Crippen LogP contribution is 2.38. The molecule has 0 bridgehead atoms. The van der Waals surface area contributed by atoms with Gasteiger partial charge in [-0.3, -0.25) is 14.8 Å². The van der Waals surface area contributed by atoms with Gasteiger partial charge in [0.05, 0.1) is 34.8 Å². The van der Waals surface area contributed by atoms with E-state index in [0.717, 1.165) is 34.8 Å². The standard InChI is InChI=1S/C25H30N6OS/c1-6-7-8-9-17(2)25(16-26)10-12-31(13-11-25)15-22-28-19(4)23(24(32)29-22)33-20(5)21-14-27-30-18(21)3/h6-9,14H,2,5,10-13,15H2,1,3-4H3,(H,27,30)(H,28,29,32)/b7-6-,9-8-. The molecule has 1 fully saturated rings. The van der Waals surface area contributed by atoms with E-state index in [-0.39, 0.29) is 5.56 Å². The number of aryl methyl sites for hydroxylation is 2. The van der Waals surface area contributed by atoms with Crippen LogP contribution in [0, 0.1) is 30.6 Å². The summed E-state index contributed by atoms with van der Waals surface area (Å²) in [5, 5.41) is 16.7. The third-order valence-corrected chi connectivity index (χ3v) is 7.11. The maximum Gasteiger partial charge on any atom is 0.265 e. The molecule has 0 atom stereocenters. The molecule has 2 aromatic rings. The zero-order valence-electron chi connectivity index (χ0n) is 19.4. The largest absolute Gasteiger partial charge is 0.308 e. The summed E-state index contributed by atoms with van der Waals surface area (Å²) in [5.41, 5.74) is 2.60. The van der Waals surface area contributed by atoms with Crippen molar-refractivity contribution in [2.45, 2.75) is 45.1 Å². The fourth-order valence-corrected chi connectivity index (χ4v) is 4.79. The minimum absolute atomic E-state index is 0.171. The molecule has 0 spiro atoms. The van der Waals surface area contributed by atoms with Crippen LogP contribution in [-0.4, -0.2) is 38.2 Å². The molecule has 0 unspecified atom stereocenters. The Balaban J connectivity index is 1.66. The van der Waals surface area contributed by atoms with Gasteiger partial charge in [0.15, 0.2) is 0 Å². The molecular weight excluding hydrogens is 432 g/mol. The number of aromatic nitrogens is 4. The average molecular weight is 463 g/mol. The van der Waals surface area contributed by atoms with Crippen LogP contribution in [0.4, 0.5) is 0 Å². The lowest BCUT2D eigenvalue weighted by atomic mass is 9.74.